The van der Waals surface area contributed by atoms with Crippen molar-refractivity contribution >= 4 is 11.6 Å². The van der Waals surface area contributed by atoms with E-state index in [9.17, 15) is 0 Å². The highest BCUT2D eigenvalue weighted by Crippen LogP contribution is 2.28. The molecule has 1 aromatic carbocycles. The molecule has 0 saturated heterocycles. The number of aryl methyl sites for hydroxylation is 2. The van der Waals surface area contributed by atoms with Gasteiger partial charge in [0, 0.05) is 25.0 Å². The van der Waals surface area contributed by atoms with E-state index in [0.29, 0.717) is 0 Å². The summed E-state index contributed by atoms with van der Waals surface area (Å²) < 4.78 is 0. The number of hydrogen-bond donors (Lipinski definition) is 0. The molecule has 0 atom stereocenters. The van der Waals surface area contributed by atoms with Crippen LogP contribution in [0.4, 0.5) is 0 Å². The van der Waals surface area contributed by atoms with E-state index in [2.05, 4.69) is 36.9 Å². The van der Waals surface area contributed by atoms with Gasteiger partial charge in [-0.1, -0.05) is 29.3 Å². The van der Waals surface area contributed by atoms with E-state index in [-0.39, 0.29) is 0 Å². The van der Waals surface area contributed by atoms with Crippen molar-refractivity contribution in [2.45, 2.75) is 39.3 Å². The molecule has 0 bridgehead atoms. The minimum Gasteiger partial charge on any atom is -0.295 e. The van der Waals surface area contributed by atoms with Crippen molar-refractivity contribution in [3.63, 3.8) is 0 Å². The summed E-state index contributed by atoms with van der Waals surface area (Å²) in [5, 5.41) is 0. The van der Waals surface area contributed by atoms with E-state index in [0.717, 1.165) is 25.0 Å². The van der Waals surface area contributed by atoms with Crippen molar-refractivity contribution in [1.82, 2.24) is 4.90 Å². The van der Waals surface area contributed by atoms with Crippen molar-refractivity contribution in [2.75, 3.05) is 12.4 Å². The molecular formula is C14H20ClN. The first-order valence-electron chi connectivity index (χ1n) is 6.06. The lowest BCUT2D eigenvalue weighted by molar-refractivity contribution is 0.271. The third-order valence-electron chi connectivity index (χ3n) is 3.10. The summed E-state index contributed by atoms with van der Waals surface area (Å²) in [5.74, 6) is 0.737. The second kappa shape index (κ2) is 5.20. The Labute approximate surface area is 103 Å². The summed E-state index contributed by atoms with van der Waals surface area (Å²) in [6, 6.07) is 7.60. The van der Waals surface area contributed by atoms with Gasteiger partial charge in [-0.25, -0.2) is 0 Å². The van der Waals surface area contributed by atoms with Crippen LogP contribution in [0.5, 0.6) is 0 Å². The Balaban J connectivity index is 2.05. The van der Waals surface area contributed by atoms with Gasteiger partial charge in [0.2, 0.25) is 0 Å². The maximum absolute atomic E-state index is 5.86. The molecular weight excluding hydrogens is 218 g/mol. The molecule has 0 spiro atoms. The Morgan fingerprint density at radius 2 is 1.81 bits per heavy atom. The van der Waals surface area contributed by atoms with E-state index in [4.69, 9.17) is 11.6 Å². The molecule has 1 saturated carbocycles. The van der Waals surface area contributed by atoms with Crippen LogP contribution in [-0.4, -0.2) is 23.4 Å². The molecule has 0 aromatic heterocycles. The molecule has 1 aliphatic carbocycles. The molecule has 16 heavy (non-hydrogen) atoms. The standard InChI is InChI=1S/C14H20ClN/c1-11-7-12(2)9-13(8-11)10-16(6-5-15)14-3-4-14/h7-9,14H,3-6,10H2,1-2H3. The van der Waals surface area contributed by atoms with Crippen LogP contribution in [0.15, 0.2) is 18.2 Å². The Hall–Kier alpha value is -0.530. The van der Waals surface area contributed by atoms with E-state index < -0.39 is 0 Å². The molecule has 0 N–H and O–H groups in total. The highest BCUT2D eigenvalue weighted by Gasteiger charge is 2.28. The lowest BCUT2D eigenvalue weighted by atomic mass is 10.1. The van der Waals surface area contributed by atoms with Crippen molar-refractivity contribution in [3.05, 3.63) is 34.9 Å². The molecule has 1 nitrogen and oxygen atoms in total. The molecule has 0 radical (unpaired) electrons. The van der Waals surface area contributed by atoms with E-state index in [1.807, 2.05) is 0 Å². The SMILES string of the molecule is Cc1cc(C)cc(CN(CCCl)C2CC2)c1. The minimum absolute atomic E-state index is 0.737. The lowest BCUT2D eigenvalue weighted by Gasteiger charge is -2.21. The molecule has 1 aliphatic rings. The number of nitrogens with zero attached hydrogens (tertiary/aromatic N) is 1. The second-order valence-corrected chi connectivity index (χ2v) is 5.26. The van der Waals surface area contributed by atoms with Gasteiger partial charge in [0.15, 0.2) is 0 Å². The molecule has 0 amide bonds. The highest BCUT2D eigenvalue weighted by atomic mass is 35.5. The largest absolute Gasteiger partial charge is 0.295 e. The number of benzene rings is 1. The second-order valence-electron chi connectivity index (χ2n) is 4.89. The average Bonchev–Trinajstić information content (AvgIpc) is 2.98. The van der Waals surface area contributed by atoms with Crippen LogP contribution in [-0.2, 0) is 6.54 Å². The van der Waals surface area contributed by atoms with Crippen molar-refractivity contribution in [2.24, 2.45) is 0 Å². The molecule has 0 heterocycles. The van der Waals surface area contributed by atoms with E-state index in [1.165, 1.54) is 29.5 Å². The summed E-state index contributed by atoms with van der Waals surface area (Å²) in [6.45, 7) is 6.40. The Morgan fingerprint density at radius 1 is 1.19 bits per heavy atom. The van der Waals surface area contributed by atoms with Gasteiger partial charge in [0.1, 0.15) is 0 Å². The van der Waals surface area contributed by atoms with Gasteiger partial charge in [-0.2, -0.15) is 0 Å². The van der Waals surface area contributed by atoms with E-state index in [1.54, 1.807) is 0 Å². The molecule has 0 aliphatic heterocycles. The fourth-order valence-electron chi connectivity index (χ4n) is 2.33. The first-order chi connectivity index (χ1) is 7.69. The predicted octanol–water partition coefficient (Wildman–Crippen LogP) is 3.51. The van der Waals surface area contributed by atoms with Crippen LogP contribution in [0.2, 0.25) is 0 Å². The zero-order chi connectivity index (χ0) is 11.5. The Bertz CT molecular complexity index is 338. The van der Waals surface area contributed by atoms with Crippen LogP contribution in [0.1, 0.15) is 29.5 Å². The van der Waals surface area contributed by atoms with Gasteiger partial charge < -0.3 is 0 Å². The number of rotatable bonds is 5. The smallest absolute Gasteiger partial charge is 0.0351 e. The van der Waals surface area contributed by atoms with Gasteiger partial charge >= 0.3 is 0 Å². The van der Waals surface area contributed by atoms with Gasteiger partial charge in [-0.05, 0) is 32.3 Å². The molecule has 88 valence electrons. The molecule has 1 fully saturated rings. The monoisotopic (exact) mass is 237 g/mol. The number of halogens is 1. The summed E-state index contributed by atoms with van der Waals surface area (Å²) in [6.07, 6.45) is 2.70. The minimum atomic E-state index is 0.737. The summed E-state index contributed by atoms with van der Waals surface area (Å²) in [7, 11) is 0. The quantitative estimate of drug-likeness (QED) is 0.709. The fraction of sp³-hybridized carbons (Fsp3) is 0.571. The van der Waals surface area contributed by atoms with Crippen LogP contribution in [0.3, 0.4) is 0 Å². The van der Waals surface area contributed by atoms with Crippen LogP contribution in [0, 0.1) is 13.8 Å². The van der Waals surface area contributed by atoms with Crippen molar-refractivity contribution < 1.29 is 0 Å². The predicted molar refractivity (Wildman–Crippen MR) is 70.1 cm³/mol. The number of hydrogen-bond acceptors (Lipinski definition) is 1. The third-order valence-corrected chi connectivity index (χ3v) is 3.27. The first-order valence-corrected chi connectivity index (χ1v) is 6.59. The summed E-state index contributed by atoms with van der Waals surface area (Å²) in [4.78, 5) is 2.52. The molecule has 1 aromatic rings. The summed E-state index contributed by atoms with van der Waals surface area (Å²) in [5.41, 5.74) is 4.14. The maximum atomic E-state index is 5.86. The summed E-state index contributed by atoms with van der Waals surface area (Å²) >= 11 is 5.86. The fourth-order valence-corrected chi connectivity index (χ4v) is 2.55. The maximum Gasteiger partial charge on any atom is 0.0351 e. The lowest BCUT2D eigenvalue weighted by Crippen LogP contribution is -2.27. The van der Waals surface area contributed by atoms with Crippen LogP contribution < -0.4 is 0 Å². The molecule has 2 rings (SSSR count). The topological polar surface area (TPSA) is 3.24 Å². The van der Waals surface area contributed by atoms with Gasteiger partial charge in [-0.15, -0.1) is 11.6 Å². The zero-order valence-corrected chi connectivity index (χ0v) is 10.9. The normalized spacial score (nSPS) is 15.8. The molecule has 0 unspecified atom stereocenters. The number of alkyl halides is 1. The first kappa shape index (κ1) is 11.9. The van der Waals surface area contributed by atoms with Crippen LogP contribution in [0.25, 0.3) is 0 Å². The third kappa shape index (κ3) is 3.23. The van der Waals surface area contributed by atoms with Gasteiger partial charge in [-0.3, -0.25) is 4.90 Å². The average molecular weight is 238 g/mol. The van der Waals surface area contributed by atoms with Gasteiger partial charge in [0.25, 0.3) is 0 Å². The Kier molecular flexibility index (Phi) is 3.88. The molecule has 2 heteroatoms. The highest BCUT2D eigenvalue weighted by molar-refractivity contribution is 6.18. The van der Waals surface area contributed by atoms with Crippen LogP contribution >= 0.6 is 11.6 Å². The van der Waals surface area contributed by atoms with E-state index >= 15 is 0 Å². The van der Waals surface area contributed by atoms with Crippen molar-refractivity contribution in [3.8, 4) is 0 Å². The van der Waals surface area contributed by atoms with Gasteiger partial charge in [0.05, 0.1) is 0 Å². The van der Waals surface area contributed by atoms with Crippen molar-refractivity contribution in [1.29, 1.82) is 0 Å². The zero-order valence-electron chi connectivity index (χ0n) is 10.2. The Morgan fingerprint density at radius 3 is 2.31 bits per heavy atom.